The zero-order chi connectivity index (χ0) is 11.4. The second-order valence-corrected chi connectivity index (χ2v) is 4.76. The van der Waals surface area contributed by atoms with Crippen molar-refractivity contribution in [3.63, 3.8) is 0 Å². The molecule has 0 spiro atoms. The molecule has 0 aliphatic carbocycles. The van der Waals surface area contributed by atoms with Gasteiger partial charge in [-0.1, -0.05) is 43.3 Å². The molecule has 0 N–H and O–H groups in total. The summed E-state index contributed by atoms with van der Waals surface area (Å²) in [5.74, 6) is 0.603. The van der Waals surface area contributed by atoms with E-state index in [2.05, 4.69) is 54.8 Å². The molecule has 1 heterocycles. The molecule has 1 fully saturated rings. The zero-order valence-corrected chi connectivity index (χ0v) is 10.1. The van der Waals surface area contributed by atoms with Crippen LogP contribution in [0.3, 0.4) is 0 Å². The molecule has 86 valence electrons. The Bertz CT molecular complexity index is 331. The highest BCUT2D eigenvalue weighted by Crippen LogP contribution is 2.26. The van der Waals surface area contributed by atoms with Crippen molar-refractivity contribution in [3.05, 3.63) is 48.6 Å². The van der Waals surface area contributed by atoms with Gasteiger partial charge in [-0.2, -0.15) is 0 Å². The third-order valence-corrected chi connectivity index (χ3v) is 3.62. The van der Waals surface area contributed by atoms with Crippen molar-refractivity contribution in [2.45, 2.75) is 32.4 Å². The van der Waals surface area contributed by atoms with Crippen LogP contribution in [0.4, 0.5) is 0 Å². The summed E-state index contributed by atoms with van der Waals surface area (Å²) < 4.78 is 0. The summed E-state index contributed by atoms with van der Waals surface area (Å²) in [4.78, 5) is 2.60. The molecule has 2 rings (SSSR count). The van der Waals surface area contributed by atoms with Gasteiger partial charge >= 0.3 is 0 Å². The molecular formula is C15H21N. The lowest BCUT2D eigenvalue weighted by Gasteiger charge is -2.27. The summed E-state index contributed by atoms with van der Waals surface area (Å²) in [6, 6.07) is 11.5. The van der Waals surface area contributed by atoms with E-state index in [1.165, 1.54) is 24.9 Å². The molecule has 1 aliphatic rings. The summed E-state index contributed by atoms with van der Waals surface area (Å²) in [5.41, 5.74) is 1.42. The molecule has 0 bridgehead atoms. The third-order valence-electron chi connectivity index (χ3n) is 3.62. The second-order valence-electron chi connectivity index (χ2n) is 4.76. The molecule has 0 aromatic heterocycles. The van der Waals surface area contributed by atoms with Crippen molar-refractivity contribution < 1.29 is 0 Å². The molecule has 1 heteroatoms. The van der Waals surface area contributed by atoms with Gasteiger partial charge in [-0.05, 0) is 30.9 Å². The number of likely N-dealkylation sites (tertiary alicyclic amines) is 1. The minimum absolute atomic E-state index is 0.603. The van der Waals surface area contributed by atoms with Crippen LogP contribution in [0.15, 0.2) is 43.0 Å². The predicted molar refractivity (Wildman–Crippen MR) is 69.2 cm³/mol. The summed E-state index contributed by atoms with van der Waals surface area (Å²) in [7, 11) is 0. The van der Waals surface area contributed by atoms with Gasteiger partial charge in [0.25, 0.3) is 0 Å². The molecule has 1 saturated heterocycles. The lowest BCUT2D eigenvalue weighted by molar-refractivity contribution is 0.211. The maximum Gasteiger partial charge on any atom is 0.0236 e. The summed E-state index contributed by atoms with van der Waals surface area (Å²) in [6.45, 7) is 8.52. The average molecular weight is 215 g/mol. The van der Waals surface area contributed by atoms with E-state index in [9.17, 15) is 0 Å². The Kier molecular flexibility index (Phi) is 3.79. The number of hydrogen-bond donors (Lipinski definition) is 0. The highest BCUT2D eigenvalue weighted by atomic mass is 15.2. The standard InChI is InChI=1S/C15H21N/c1-3-13(2)15-10-7-11-16(15)12-14-8-5-4-6-9-14/h3-6,8-9,13,15H,1,7,10-12H2,2H3/t13-,15+/m1/s1. The van der Waals surface area contributed by atoms with Crippen LogP contribution in [0, 0.1) is 5.92 Å². The summed E-state index contributed by atoms with van der Waals surface area (Å²) in [5, 5.41) is 0. The van der Waals surface area contributed by atoms with Gasteiger partial charge in [0.05, 0.1) is 0 Å². The van der Waals surface area contributed by atoms with E-state index in [0.29, 0.717) is 12.0 Å². The van der Waals surface area contributed by atoms with Gasteiger partial charge in [-0.25, -0.2) is 0 Å². The van der Waals surface area contributed by atoms with Crippen LogP contribution in [0.1, 0.15) is 25.3 Å². The van der Waals surface area contributed by atoms with Crippen molar-refractivity contribution in [3.8, 4) is 0 Å². The number of benzene rings is 1. The monoisotopic (exact) mass is 215 g/mol. The van der Waals surface area contributed by atoms with Crippen LogP contribution < -0.4 is 0 Å². The van der Waals surface area contributed by atoms with E-state index >= 15 is 0 Å². The first-order chi connectivity index (χ1) is 7.81. The maximum absolute atomic E-state index is 3.92. The zero-order valence-electron chi connectivity index (χ0n) is 10.1. The van der Waals surface area contributed by atoms with Crippen LogP contribution in [-0.2, 0) is 6.54 Å². The fourth-order valence-corrected chi connectivity index (χ4v) is 2.62. The molecule has 1 aromatic carbocycles. The first kappa shape index (κ1) is 11.4. The molecule has 0 unspecified atom stereocenters. The molecular weight excluding hydrogens is 194 g/mol. The smallest absolute Gasteiger partial charge is 0.0236 e. The molecule has 2 atom stereocenters. The van der Waals surface area contributed by atoms with Crippen molar-refractivity contribution >= 4 is 0 Å². The first-order valence-corrected chi connectivity index (χ1v) is 6.22. The van der Waals surface area contributed by atoms with Crippen LogP contribution in [0.2, 0.25) is 0 Å². The third kappa shape index (κ3) is 2.53. The summed E-state index contributed by atoms with van der Waals surface area (Å²) in [6.07, 6.45) is 4.74. The van der Waals surface area contributed by atoms with E-state index in [-0.39, 0.29) is 0 Å². The topological polar surface area (TPSA) is 3.24 Å². The van der Waals surface area contributed by atoms with Gasteiger partial charge in [0.2, 0.25) is 0 Å². The van der Waals surface area contributed by atoms with Gasteiger partial charge in [-0.3, -0.25) is 4.90 Å². The number of rotatable bonds is 4. The van der Waals surface area contributed by atoms with Gasteiger partial charge in [0, 0.05) is 12.6 Å². The Morgan fingerprint density at radius 1 is 1.44 bits per heavy atom. The van der Waals surface area contributed by atoms with Gasteiger partial charge in [-0.15, -0.1) is 6.58 Å². The van der Waals surface area contributed by atoms with Crippen molar-refractivity contribution in [1.29, 1.82) is 0 Å². The van der Waals surface area contributed by atoms with Crippen LogP contribution in [-0.4, -0.2) is 17.5 Å². The fraction of sp³-hybridized carbons (Fsp3) is 0.467. The van der Waals surface area contributed by atoms with E-state index < -0.39 is 0 Å². The first-order valence-electron chi connectivity index (χ1n) is 6.22. The Balaban J connectivity index is 2.01. The lowest BCUT2D eigenvalue weighted by Crippen LogP contribution is -2.33. The Morgan fingerprint density at radius 2 is 2.19 bits per heavy atom. The van der Waals surface area contributed by atoms with Crippen LogP contribution in [0.5, 0.6) is 0 Å². The number of nitrogens with zero attached hydrogens (tertiary/aromatic N) is 1. The molecule has 0 radical (unpaired) electrons. The number of hydrogen-bond acceptors (Lipinski definition) is 1. The molecule has 0 amide bonds. The average Bonchev–Trinajstić information content (AvgIpc) is 2.77. The highest BCUT2D eigenvalue weighted by molar-refractivity contribution is 5.15. The molecule has 0 saturated carbocycles. The highest BCUT2D eigenvalue weighted by Gasteiger charge is 2.27. The van der Waals surface area contributed by atoms with E-state index in [1.807, 2.05) is 0 Å². The minimum atomic E-state index is 0.603. The second kappa shape index (κ2) is 5.31. The normalized spacial score (nSPS) is 23.2. The SMILES string of the molecule is C=C[C@@H](C)[C@@H]1CCCN1Cc1ccccc1. The van der Waals surface area contributed by atoms with E-state index in [1.54, 1.807) is 0 Å². The quantitative estimate of drug-likeness (QED) is 0.695. The largest absolute Gasteiger partial charge is 0.296 e. The van der Waals surface area contributed by atoms with Gasteiger partial charge in [0.15, 0.2) is 0 Å². The maximum atomic E-state index is 3.92. The lowest BCUT2D eigenvalue weighted by atomic mass is 9.99. The Morgan fingerprint density at radius 3 is 2.88 bits per heavy atom. The van der Waals surface area contributed by atoms with Gasteiger partial charge in [0.1, 0.15) is 0 Å². The van der Waals surface area contributed by atoms with Crippen molar-refractivity contribution in [1.82, 2.24) is 4.90 Å². The fourth-order valence-electron chi connectivity index (χ4n) is 2.62. The molecule has 1 nitrogen and oxygen atoms in total. The summed E-state index contributed by atoms with van der Waals surface area (Å²) >= 11 is 0. The minimum Gasteiger partial charge on any atom is -0.296 e. The Labute approximate surface area is 98.8 Å². The van der Waals surface area contributed by atoms with E-state index in [4.69, 9.17) is 0 Å². The molecule has 1 aromatic rings. The predicted octanol–water partition coefficient (Wildman–Crippen LogP) is 3.47. The molecule has 1 aliphatic heterocycles. The van der Waals surface area contributed by atoms with Crippen LogP contribution in [0.25, 0.3) is 0 Å². The Hall–Kier alpha value is -1.08. The van der Waals surface area contributed by atoms with Crippen LogP contribution >= 0.6 is 0 Å². The van der Waals surface area contributed by atoms with Crippen molar-refractivity contribution in [2.24, 2.45) is 5.92 Å². The van der Waals surface area contributed by atoms with Gasteiger partial charge < -0.3 is 0 Å². The molecule has 16 heavy (non-hydrogen) atoms. The van der Waals surface area contributed by atoms with E-state index in [0.717, 1.165) is 6.54 Å². The van der Waals surface area contributed by atoms with Crippen molar-refractivity contribution in [2.75, 3.05) is 6.54 Å².